The van der Waals surface area contributed by atoms with Crippen molar-refractivity contribution in [1.82, 2.24) is 14.6 Å². The highest BCUT2D eigenvalue weighted by Crippen LogP contribution is 2.32. The van der Waals surface area contributed by atoms with Crippen molar-refractivity contribution < 1.29 is 13.2 Å². The molecule has 0 aliphatic heterocycles. The molecule has 17 heavy (non-hydrogen) atoms. The van der Waals surface area contributed by atoms with E-state index in [1.54, 1.807) is 0 Å². The molecule has 8 heteroatoms. The zero-order valence-corrected chi connectivity index (χ0v) is 9.26. The summed E-state index contributed by atoms with van der Waals surface area (Å²) in [6, 6.07) is 0.831. The van der Waals surface area contributed by atoms with E-state index in [0.717, 1.165) is 12.3 Å². The number of nitrogens with zero attached hydrogens (tertiary/aromatic N) is 3. The first-order valence-corrected chi connectivity index (χ1v) is 5.11. The summed E-state index contributed by atoms with van der Waals surface area (Å²) in [5.74, 6) is 0.357. The Kier molecular flexibility index (Phi) is 2.96. The first kappa shape index (κ1) is 12.1. The molecule has 0 unspecified atom stereocenters. The lowest BCUT2D eigenvalue weighted by Crippen LogP contribution is -2.09. The Morgan fingerprint density at radius 3 is 2.65 bits per heavy atom. The molecule has 92 valence electrons. The van der Waals surface area contributed by atoms with Gasteiger partial charge in [0, 0.05) is 12.6 Å². The Balaban J connectivity index is 2.65. The third-order valence-electron chi connectivity index (χ3n) is 2.23. The van der Waals surface area contributed by atoms with Gasteiger partial charge in [-0.3, -0.25) is 4.40 Å². The van der Waals surface area contributed by atoms with Gasteiger partial charge in [0.2, 0.25) is 0 Å². The minimum atomic E-state index is -4.46. The highest BCUT2D eigenvalue weighted by atomic mass is 35.5. The summed E-state index contributed by atoms with van der Waals surface area (Å²) >= 11 is 5.73. The Bertz CT molecular complexity index is 549. The van der Waals surface area contributed by atoms with Crippen molar-refractivity contribution in [2.24, 2.45) is 5.73 Å². The summed E-state index contributed by atoms with van der Waals surface area (Å²) < 4.78 is 39.0. The van der Waals surface area contributed by atoms with Crippen LogP contribution in [-0.2, 0) is 12.6 Å². The lowest BCUT2D eigenvalue weighted by Gasteiger charge is -2.08. The highest BCUT2D eigenvalue weighted by molar-refractivity contribution is 6.33. The van der Waals surface area contributed by atoms with Crippen LogP contribution in [0.5, 0.6) is 0 Å². The van der Waals surface area contributed by atoms with Gasteiger partial charge >= 0.3 is 6.18 Å². The van der Waals surface area contributed by atoms with Crippen molar-refractivity contribution in [2.45, 2.75) is 12.6 Å². The van der Waals surface area contributed by atoms with E-state index in [4.69, 9.17) is 17.3 Å². The van der Waals surface area contributed by atoms with E-state index in [9.17, 15) is 13.2 Å². The molecule has 0 atom stereocenters. The number of nitrogens with two attached hydrogens (primary N) is 1. The number of halogens is 4. The average molecular weight is 265 g/mol. The van der Waals surface area contributed by atoms with Crippen LogP contribution in [0.3, 0.4) is 0 Å². The van der Waals surface area contributed by atoms with Gasteiger partial charge in [-0.15, -0.1) is 10.2 Å². The molecule has 2 rings (SSSR count). The molecule has 0 saturated heterocycles. The Morgan fingerprint density at radius 2 is 2.06 bits per heavy atom. The minimum absolute atomic E-state index is 0.0874. The van der Waals surface area contributed by atoms with Crippen molar-refractivity contribution in [2.75, 3.05) is 6.54 Å². The monoisotopic (exact) mass is 264 g/mol. The second kappa shape index (κ2) is 4.15. The average Bonchev–Trinajstić information content (AvgIpc) is 2.61. The summed E-state index contributed by atoms with van der Waals surface area (Å²) in [6.07, 6.45) is -3.20. The summed E-state index contributed by atoms with van der Waals surface area (Å²) in [5.41, 5.74) is 4.69. The number of alkyl halides is 3. The number of hydrogen-bond donors (Lipinski definition) is 1. The third-order valence-corrected chi connectivity index (χ3v) is 2.50. The van der Waals surface area contributed by atoms with Gasteiger partial charge in [-0.1, -0.05) is 11.6 Å². The summed E-state index contributed by atoms with van der Waals surface area (Å²) in [4.78, 5) is 0. The topological polar surface area (TPSA) is 56.2 Å². The van der Waals surface area contributed by atoms with Gasteiger partial charge in [0.15, 0.2) is 5.65 Å². The van der Waals surface area contributed by atoms with Crippen LogP contribution in [0.25, 0.3) is 5.65 Å². The van der Waals surface area contributed by atoms with E-state index in [2.05, 4.69) is 10.2 Å². The molecule has 0 bridgehead atoms. The van der Waals surface area contributed by atoms with Crippen LogP contribution in [0.2, 0.25) is 5.02 Å². The number of fused-ring (bicyclic) bond motifs is 1. The van der Waals surface area contributed by atoms with Crippen molar-refractivity contribution in [3.8, 4) is 0 Å². The molecule has 0 fully saturated rings. The van der Waals surface area contributed by atoms with Gasteiger partial charge in [0.05, 0.1) is 10.6 Å². The molecule has 0 aromatic carbocycles. The quantitative estimate of drug-likeness (QED) is 0.901. The van der Waals surface area contributed by atoms with E-state index >= 15 is 0 Å². The first-order chi connectivity index (χ1) is 7.93. The van der Waals surface area contributed by atoms with Crippen LogP contribution in [0.15, 0.2) is 12.3 Å². The molecule has 0 aliphatic rings. The fourth-order valence-corrected chi connectivity index (χ4v) is 1.70. The summed E-state index contributed by atoms with van der Waals surface area (Å²) in [7, 11) is 0. The molecule has 0 saturated carbocycles. The molecular formula is C9H8ClF3N4. The molecule has 2 aromatic rings. The molecule has 4 nitrogen and oxygen atoms in total. The molecule has 0 aliphatic carbocycles. The third kappa shape index (κ3) is 2.20. The van der Waals surface area contributed by atoms with Gasteiger partial charge < -0.3 is 5.73 Å². The van der Waals surface area contributed by atoms with Gasteiger partial charge in [-0.05, 0) is 12.6 Å². The Morgan fingerprint density at radius 1 is 1.35 bits per heavy atom. The maximum Gasteiger partial charge on any atom is 0.417 e. The predicted molar refractivity (Wildman–Crippen MR) is 55.8 cm³/mol. The van der Waals surface area contributed by atoms with E-state index in [0.29, 0.717) is 12.2 Å². The maximum absolute atomic E-state index is 12.6. The van der Waals surface area contributed by atoms with Crippen LogP contribution in [-0.4, -0.2) is 21.1 Å². The largest absolute Gasteiger partial charge is 0.417 e. The van der Waals surface area contributed by atoms with Crippen LogP contribution in [0, 0.1) is 0 Å². The molecule has 2 aromatic heterocycles. The molecule has 0 radical (unpaired) electrons. The predicted octanol–water partition coefficient (Wildman–Crippen LogP) is 1.90. The zero-order chi connectivity index (χ0) is 12.6. The highest BCUT2D eigenvalue weighted by Gasteiger charge is 2.32. The lowest BCUT2D eigenvalue weighted by atomic mass is 10.2. The lowest BCUT2D eigenvalue weighted by molar-refractivity contribution is -0.137. The van der Waals surface area contributed by atoms with E-state index in [1.807, 2.05) is 0 Å². The van der Waals surface area contributed by atoms with Gasteiger partial charge in [0.25, 0.3) is 0 Å². The van der Waals surface area contributed by atoms with Gasteiger partial charge in [-0.2, -0.15) is 13.2 Å². The van der Waals surface area contributed by atoms with Gasteiger partial charge in [0.1, 0.15) is 5.82 Å². The van der Waals surface area contributed by atoms with Gasteiger partial charge in [-0.25, -0.2) is 0 Å². The fraction of sp³-hybridized carbons (Fsp3) is 0.333. The van der Waals surface area contributed by atoms with E-state index < -0.39 is 11.7 Å². The first-order valence-electron chi connectivity index (χ1n) is 4.74. The molecular weight excluding hydrogens is 257 g/mol. The zero-order valence-electron chi connectivity index (χ0n) is 8.50. The second-order valence-corrected chi connectivity index (χ2v) is 3.83. The maximum atomic E-state index is 12.6. The molecule has 2 heterocycles. The molecule has 2 N–H and O–H groups in total. The van der Waals surface area contributed by atoms with Crippen LogP contribution < -0.4 is 5.73 Å². The van der Waals surface area contributed by atoms with Crippen molar-refractivity contribution in [1.29, 1.82) is 0 Å². The molecule has 0 spiro atoms. The van der Waals surface area contributed by atoms with Crippen LogP contribution >= 0.6 is 11.6 Å². The Hall–Kier alpha value is -1.34. The van der Waals surface area contributed by atoms with Crippen molar-refractivity contribution in [3.05, 3.63) is 28.7 Å². The van der Waals surface area contributed by atoms with E-state index in [-0.39, 0.29) is 17.2 Å². The SMILES string of the molecule is NCCc1nnc2c(Cl)cc(C(F)(F)F)cn12. The standard InChI is InChI=1S/C9H8ClF3N4/c10-6-3-5(9(11,12)13)4-17-7(1-2-14)15-16-8(6)17/h3-4H,1-2,14H2. The second-order valence-electron chi connectivity index (χ2n) is 3.42. The number of pyridine rings is 1. The number of aromatic nitrogens is 3. The number of hydrogen-bond acceptors (Lipinski definition) is 3. The van der Waals surface area contributed by atoms with Crippen LogP contribution in [0.1, 0.15) is 11.4 Å². The molecule has 0 amide bonds. The van der Waals surface area contributed by atoms with Crippen molar-refractivity contribution in [3.63, 3.8) is 0 Å². The fourth-order valence-electron chi connectivity index (χ4n) is 1.45. The summed E-state index contributed by atoms with van der Waals surface area (Å²) in [6.45, 7) is 0.272. The smallest absolute Gasteiger partial charge is 0.330 e. The van der Waals surface area contributed by atoms with Crippen LogP contribution in [0.4, 0.5) is 13.2 Å². The van der Waals surface area contributed by atoms with E-state index in [1.165, 1.54) is 4.40 Å². The minimum Gasteiger partial charge on any atom is -0.330 e. The summed E-state index contributed by atoms with van der Waals surface area (Å²) in [5, 5.41) is 7.38. The van der Waals surface area contributed by atoms with Crippen molar-refractivity contribution >= 4 is 17.2 Å². The Labute approximate surface area is 99.2 Å². The normalized spacial score (nSPS) is 12.3. The number of rotatable bonds is 2.